The van der Waals surface area contributed by atoms with Gasteiger partial charge in [0.2, 0.25) is 5.91 Å². The lowest BCUT2D eigenvalue weighted by atomic mass is 9.89. The largest absolute Gasteiger partial charge is 0.339 e. The fourth-order valence-electron chi connectivity index (χ4n) is 4.68. The average molecular weight is 524 g/mol. The van der Waals surface area contributed by atoms with Crippen molar-refractivity contribution in [2.75, 3.05) is 18.4 Å². The number of carbonyl (C=O) groups is 2. The number of H-pyrrole nitrogens is 1. The zero-order chi connectivity index (χ0) is 25.9. The van der Waals surface area contributed by atoms with E-state index in [4.69, 9.17) is 11.6 Å². The Morgan fingerprint density at radius 2 is 1.84 bits per heavy atom. The first-order valence-electron chi connectivity index (χ1n) is 11.9. The van der Waals surface area contributed by atoms with Crippen LogP contribution in [0.25, 0.3) is 10.9 Å². The number of aromatic nitrogens is 3. The molecule has 190 valence electrons. The van der Waals surface area contributed by atoms with Crippen molar-refractivity contribution in [3.63, 3.8) is 0 Å². The van der Waals surface area contributed by atoms with Crippen LogP contribution in [-0.4, -0.2) is 45.0 Å². The lowest BCUT2D eigenvalue weighted by molar-refractivity contribution is -0.115. The number of amides is 2. The molecule has 1 saturated heterocycles. The van der Waals surface area contributed by atoms with Crippen LogP contribution in [0.5, 0.6) is 0 Å². The molecule has 1 fully saturated rings. The third-order valence-electron chi connectivity index (χ3n) is 6.63. The van der Waals surface area contributed by atoms with Crippen LogP contribution >= 0.6 is 11.6 Å². The molecule has 37 heavy (non-hydrogen) atoms. The van der Waals surface area contributed by atoms with Crippen LogP contribution in [0.1, 0.15) is 52.5 Å². The smallest absolute Gasteiger partial charge is 0.280 e. The van der Waals surface area contributed by atoms with Crippen LogP contribution < -0.4 is 5.32 Å². The minimum Gasteiger partial charge on any atom is -0.339 e. The van der Waals surface area contributed by atoms with Crippen LogP contribution in [0, 0.1) is 0 Å². The number of fused-ring (bicyclic) bond motifs is 1. The van der Waals surface area contributed by atoms with E-state index in [9.17, 15) is 18.4 Å². The second kappa shape index (κ2) is 10.6. The van der Waals surface area contributed by atoms with Crippen LogP contribution in [0.15, 0.2) is 60.8 Å². The van der Waals surface area contributed by atoms with Crippen molar-refractivity contribution in [2.45, 2.75) is 31.6 Å². The predicted molar refractivity (Wildman–Crippen MR) is 137 cm³/mol. The predicted octanol–water partition coefficient (Wildman–Crippen LogP) is 5.75. The van der Waals surface area contributed by atoms with Crippen LogP contribution in [-0.2, 0) is 11.2 Å². The number of benzene rings is 2. The molecule has 7 nitrogen and oxygen atoms in total. The Hall–Kier alpha value is -3.85. The summed E-state index contributed by atoms with van der Waals surface area (Å²) in [6.07, 6.45) is 0.219. The number of nitrogens with one attached hydrogen (secondary N) is 2. The molecule has 4 aromatic rings. The van der Waals surface area contributed by atoms with E-state index in [1.807, 2.05) is 30.3 Å². The van der Waals surface area contributed by atoms with Gasteiger partial charge in [0.05, 0.1) is 17.6 Å². The Morgan fingerprint density at radius 1 is 1.08 bits per heavy atom. The van der Waals surface area contributed by atoms with Crippen LogP contribution in [0.3, 0.4) is 0 Å². The van der Waals surface area contributed by atoms with Gasteiger partial charge in [-0.15, -0.1) is 0 Å². The van der Waals surface area contributed by atoms with Gasteiger partial charge >= 0.3 is 0 Å². The highest BCUT2D eigenvalue weighted by Crippen LogP contribution is 2.30. The second-order valence-electron chi connectivity index (χ2n) is 9.05. The summed E-state index contributed by atoms with van der Waals surface area (Å²) in [5.41, 5.74) is 3.10. The van der Waals surface area contributed by atoms with Gasteiger partial charge in [0, 0.05) is 40.9 Å². The number of hydrogen-bond donors (Lipinski definition) is 2. The number of rotatable bonds is 6. The highest BCUT2D eigenvalue weighted by atomic mass is 35.5. The van der Waals surface area contributed by atoms with Crippen molar-refractivity contribution >= 4 is 40.0 Å². The number of anilines is 1. The average Bonchev–Trinajstić information content (AvgIpc) is 3.30. The Bertz CT molecular complexity index is 1430. The normalized spacial score (nSPS) is 14.3. The van der Waals surface area contributed by atoms with Gasteiger partial charge in [-0.3, -0.25) is 19.7 Å². The Balaban J connectivity index is 1.15. The van der Waals surface area contributed by atoms with Crippen LogP contribution in [0.4, 0.5) is 14.5 Å². The molecule has 10 heteroatoms. The summed E-state index contributed by atoms with van der Waals surface area (Å²) in [6, 6.07) is 15.7. The summed E-state index contributed by atoms with van der Waals surface area (Å²) in [5, 5.41) is 11.5. The number of aromatic amines is 1. The van der Waals surface area contributed by atoms with E-state index in [0.29, 0.717) is 29.3 Å². The molecule has 0 aliphatic carbocycles. The van der Waals surface area contributed by atoms with Crippen molar-refractivity contribution < 1.29 is 18.4 Å². The molecule has 3 heterocycles. The maximum Gasteiger partial charge on any atom is 0.280 e. The lowest BCUT2D eigenvalue weighted by Gasteiger charge is -2.32. The molecular weight excluding hydrogens is 500 g/mol. The molecule has 1 aliphatic heterocycles. The summed E-state index contributed by atoms with van der Waals surface area (Å²) >= 11 is 6.00. The quantitative estimate of drug-likeness (QED) is 0.336. The minimum absolute atomic E-state index is 0.155. The van der Waals surface area contributed by atoms with Crippen molar-refractivity contribution in [1.82, 2.24) is 20.1 Å². The molecule has 0 spiro atoms. The van der Waals surface area contributed by atoms with E-state index in [1.165, 1.54) is 12.3 Å². The monoisotopic (exact) mass is 523 g/mol. The number of hydrogen-bond acceptors (Lipinski definition) is 4. The van der Waals surface area contributed by atoms with Gasteiger partial charge in [0.1, 0.15) is 5.69 Å². The molecule has 0 unspecified atom stereocenters. The maximum absolute atomic E-state index is 12.9. The third kappa shape index (κ3) is 5.61. The Morgan fingerprint density at radius 3 is 2.57 bits per heavy atom. The maximum atomic E-state index is 12.9. The first-order chi connectivity index (χ1) is 17.9. The van der Waals surface area contributed by atoms with Gasteiger partial charge in [-0.2, -0.15) is 5.10 Å². The summed E-state index contributed by atoms with van der Waals surface area (Å²) in [5.74, 6) is -0.147. The number of likely N-dealkylation sites (tertiary alicyclic amines) is 1. The fraction of sp³-hybridized carbons (Fsp3) is 0.259. The van der Waals surface area contributed by atoms with E-state index in [0.717, 1.165) is 35.6 Å². The zero-order valence-electron chi connectivity index (χ0n) is 19.8. The van der Waals surface area contributed by atoms with Gasteiger partial charge < -0.3 is 10.2 Å². The van der Waals surface area contributed by atoms with Gasteiger partial charge in [-0.05, 0) is 66.8 Å². The van der Waals surface area contributed by atoms with Gasteiger partial charge in [0.15, 0.2) is 0 Å². The molecule has 0 radical (unpaired) electrons. The molecule has 5 rings (SSSR count). The summed E-state index contributed by atoms with van der Waals surface area (Å²) < 4.78 is 25.8. The minimum atomic E-state index is -2.71. The van der Waals surface area contributed by atoms with Gasteiger partial charge in [-0.25, -0.2) is 8.78 Å². The molecule has 0 saturated carbocycles. The molecule has 0 bridgehead atoms. The van der Waals surface area contributed by atoms with Gasteiger partial charge in [0.25, 0.3) is 12.3 Å². The molecule has 2 aromatic carbocycles. The zero-order valence-corrected chi connectivity index (χ0v) is 20.5. The molecule has 1 aliphatic rings. The van der Waals surface area contributed by atoms with E-state index in [1.54, 1.807) is 17.0 Å². The number of halogens is 3. The van der Waals surface area contributed by atoms with Gasteiger partial charge in [-0.1, -0.05) is 23.7 Å². The van der Waals surface area contributed by atoms with Crippen LogP contribution in [0.2, 0.25) is 5.02 Å². The Kier molecular flexibility index (Phi) is 7.14. The molecule has 2 N–H and O–H groups in total. The number of carbonyl (C=O) groups excluding carboxylic acids is 2. The SMILES string of the molecule is O=C(Cc1[nH]nc2cc(Cl)ccc12)Nc1ccc(C2CCN(C(=O)c3ccnc(C(F)F)c3)CC2)cc1. The summed E-state index contributed by atoms with van der Waals surface area (Å²) in [4.78, 5) is 30.7. The number of alkyl halides is 2. The Labute approximate surface area is 216 Å². The van der Waals surface area contributed by atoms with E-state index in [-0.39, 0.29) is 29.7 Å². The summed E-state index contributed by atoms with van der Waals surface area (Å²) in [7, 11) is 0. The number of nitrogens with zero attached hydrogens (tertiary/aromatic N) is 3. The van der Waals surface area contributed by atoms with Crippen molar-refractivity contribution in [3.05, 3.63) is 88.3 Å². The van der Waals surface area contributed by atoms with E-state index >= 15 is 0 Å². The fourth-order valence-corrected chi connectivity index (χ4v) is 4.85. The van der Waals surface area contributed by atoms with Crippen molar-refractivity contribution in [3.8, 4) is 0 Å². The van der Waals surface area contributed by atoms with Crippen molar-refractivity contribution in [2.24, 2.45) is 0 Å². The first-order valence-corrected chi connectivity index (χ1v) is 12.3. The van der Waals surface area contributed by atoms with E-state index < -0.39 is 12.1 Å². The molecule has 2 aromatic heterocycles. The third-order valence-corrected chi connectivity index (χ3v) is 6.87. The van der Waals surface area contributed by atoms with E-state index in [2.05, 4.69) is 20.5 Å². The highest BCUT2D eigenvalue weighted by molar-refractivity contribution is 6.31. The lowest BCUT2D eigenvalue weighted by Crippen LogP contribution is -2.38. The topological polar surface area (TPSA) is 91.0 Å². The second-order valence-corrected chi connectivity index (χ2v) is 9.48. The molecule has 2 amide bonds. The standard InChI is InChI=1S/C27H24ClF2N5O2/c28-19-3-6-21-22(14-19)33-34-23(21)15-25(36)32-20-4-1-16(2-5-20)17-8-11-35(12-9-17)27(37)18-7-10-31-24(13-18)26(29)30/h1-7,10,13-14,17,26H,8-9,11-12,15H2,(H,32,36)(H,33,34). The van der Waals surface area contributed by atoms with Crippen molar-refractivity contribution in [1.29, 1.82) is 0 Å². The number of pyridine rings is 1. The first kappa shape index (κ1) is 24.8. The summed E-state index contributed by atoms with van der Waals surface area (Å²) in [6.45, 7) is 1.08. The molecular formula is C27H24ClF2N5O2. The molecule has 0 atom stereocenters. The number of piperidine rings is 1. The highest BCUT2D eigenvalue weighted by Gasteiger charge is 2.25.